The first kappa shape index (κ1) is 7.49. The predicted octanol–water partition coefficient (Wildman–Crippen LogP) is 0.950. The van der Waals surface area contributed by atoms with Gasteiger partial charge in [0.15, 0.2) is 5.78 Å². The molecule has 1 aromatic heterocycles. The molecule has 1 aliphatic rings. The van der Waals surface area contributed by atoms with Gasteiger partial charge in [0.25, 0.3) is 0 Å². The Balaban J connectivity index is 2.44. The zero-order valence-electron chi connectivity index (χ0n) is 6.79. The third kappa shape index (κ3) is 1.04. The Hall–Kier alpha value is -1.16. The number of rotatable bonds is 1. The largest absolute Gasteiger partial charge is 0.376 e. The lowest BCUT2D eigenvalue weighted by molar-refractivity contribution is 0.0953. The van der Waals surface area contributed by atoms with Gasteiger partial charge in [-0.25, -0.2) is 0 Å². The maximum absolute atomic E-state index is 11.0. The van der Waals surface area contributed by atoms with Gasteiger partial charge in [-0.05, 0) is 0 Å². The quantitative estimate of drug-likeness (QED) is 0.584. The molecule has 0 fully saturated rings. The van der Waals surface area contributed by atoms with Gasteiger partial charge in [0.1, 0.15) is 0 Å². The summed E-state index contributed by atoms with van der Waals surface area (Å²) in [5.41, 5.74) is 1.69. The molecule has 0 amide bonds. The molecule has 2 heterocycles. The first-order chi connectivity index (χ1) is 5.79. The number of ketones is 1. The number of aromatic nitrogens is 1. The van der Waals surface area contributed by atoms with E-state index in [1.165, 1.54) is 6.92 Å². The smallest absolute Gasteiger partial charge is 0.207 e. The van der Waals surface area contributed by atoms with Crippen molar-refractivity contribution in [2.45, 2.75) is 20.0 Å². The van der Waals surface area contributed by atoms with Gasteiger partial charge in [-0.1, -0.05) is 5.16 Å². The number of fused-ring (bicyclic) bond motifs is 1. The van der Waals surface area contributed by atoms with Crippen molar-refractivity contribution in [2.75, 3.05) is 6.61 Å². The van der Waals surface area contributed by atoms with Crippen molar-refractivity contribution in [1.29, 1.82) is 0 Å². The number of carbonyl (C=O) groups is 1. The molecule has 0 bridgehead atoms. The highest BCUT2D eigenvalue weighted by atomic mass is 16.5. The zero-order valence-corrected chi connectivity index (χ0v) is 6.79. The number of ether oxygens (including phenoxy) is 1. The molecule has 4 heteroatoms. The fourth-order valence-electron chi connectivity index (χ4n) is 1.31. The highest BCUT2D eigenvalue weighted by Gasteiger charge is 2.21. The van der Waals surface area contributed by atoms with Crippen LogP contribution in [0.5, 0.6) is 0 Å². The van der Waals surface area contributed by atoms with Crippen LogP contribution in [0.1, 0.15) is 28.7 Å². The molecular formula is C8H9NO3. The van der Waals surface area contributed by atoms with Crippen molar-refractivity contribution in [3.63, 3.8) is 0 Å². The molecule has 64 valence electrons. The summed E-state index contributed by atoms with van der Waals surface area (Å²) in [5, 5.41) is 3.80. The molecule has 0 spiro atoms. The molecule has 0 aromatic carbocycles. The van der Waals surface area contributed by atoms with Crippen molar-refractivity contribution in [1.82, 2.24) is 5.16 Å². The lowest BCUT2D eigenvalue weighted by atomic mass is 10.1. The van der Waals surface area contributed by atoms with Crippen LogP contribution in [0.2, 0.25) is 0 Å². The van der Waals surface area contributed by atoms with Crippen LogP contribution in [0, 0.1) is 0 Å². The Morgan fingerprint density at radius 3 is 3.17 bits per heavy atom. The van der Waals surface area contributed by atoms with Crippen LogP contribution in [0.3, 0.4) is 0 Å². The van der Waals surface area contributed by atoms with Crippen LogP contribution in [0.4, 0.5) is 0 Å². The van der Waals surface area contributed by atoms with E-state index >= 15 is 0 Å². The molecule has 1 aromatic rings. The maximum atomic E-state index is 11.0. The minimum absolute atomic E-state index is 0.0887. The third-order valence-electron chi connectivity index (χ3n) is 1.92. The van der Waals surface area contributed by atoms with Gasteiger partial charge < -0.3 is 9.26 Å². The fraction of sp³-hybridized carbons (Fsp3) is 0.500. The number of hydrogen-bond donors (Lipinski definition) is 0. The Kier molecular flexibility index (Phi) is 1.69. The molecule has 0 saturated carbocycles. The van der Waals surface area contributed by atoms with E-state index in [4.69, 9.17) is 9.26 Å². The van der Waals surface area contributed by atoms with Crippen molar-refractivity contribution in [3.05, 3.63) is 17.0 Å². The van der Waals surface area contributed by atoms with Crippen LogP contribution in [0.25, 0.3) is 0 Å². The SMILES string of the molecule is CC(=O)c1onc2c1COCC2. The van der Waals surface area contributed by atoms with Crippen LogP contribution >= 0.6 is 0 Å². The molecular weight excluding hydrogens is 158 g/mol. The van der Waals surface area contributed by atoms with Crippen molar-refractivity contribution in [3.8, 4) is 0 Å². The Labute approximate surface area is 69.5 Å². The summed E-state index contributed by atoms with van der Waals surface area (Å²) in [6.45, 7) is 2.58. The van der Waals surface area contributed by atoms with E-state index in [9.17, 15) is 4.79 Å². The minimum atomic E-state index is -0.0887. The number of hydrogen-bond acceptors (Lipinski definition) is 4. The predicted molar refractivity (Wildman–Crippen MR) is 39.9 cm³/mol. The van der Waals surface area contributed by atoms with E-state index < -0.39 is 0 Å². The summed E-state index contributed by atoms with van der Waals surface area (Å²) >= 11 is 0. The number of Topliss-reactive ketones (excluding diaryl/α,β-unsaturated/α-hetero) is 1. The van der Waals surface area contributed by atoms with Gasteiger partial charge in [0, 0.05) is 13.3 Å². The summed E-state index contributed by atoms with van der Waals surface area (Å²) in [5.74, 6) is 0.263. The summed E-state index contributed by atoms with van der Waals surface area (Å²) in [4.78, 5) is 11.0. The van der Waals surface area contributed by atoms with Crippen LogP contribution in [0.15, 0.2) is 4.52 Å². The van der Waals surface area contributed by atoms with Crippen LogP contribution in [-0.4, -0.2) is 17.5 Å². The van der Waals surface area contributed by atoms with Crippen LogP contribution < -0.4 is 0 Å². The second kappa shape index (κ2) is 2.71. The minimum Gasteiger partial charge on any atom is -0.376 e. The molecule has 1 aliphatic heterocycles. The fourth-order valence-corrected chi connectivity index (χ4v) is 1.31. The standard InChI is InChI=1S/C8H9NO3/c1-5(10)8-6-4-11-3-2-7(6)9-12-8/h2-4H2,1H3. The van der Waals surface area contributed by atoms with E-state index in [0.717, 1.165) is 17.7 Å². The first-order valence-electron chi connectivity index (χ1n) is 3.85. The lowest BCUT2D eigenvalue weighted by Gasteiger charge is -2.09. The number of carbonyl (C=O) groups excluding carboxylic acids is 1. The molecule has 2 rings (SSSR count). The third-order valence-corrected chi connectivity index (χ3v) is 1.92. The molecule has 0 radical (unpaired) electrons. The van der Waals surface area contributed by atoms with Crippen molar-refractivity contribution < 1.29 is 14.1 Å². The van der Waals surface area contributed by atoms with Crippen LogP contribution in [-0.2, 0) is 17.8 Å². The van der Waals surface area contributed by atoms with E-state index in [0.29, 0.717) is 19.0 Å². The normalized spacial score (nSPS) is 15.8. The zero-order chi connectivity index (χ0) is 8.55. The lowest BCUT2D eigenvalue weighted by Crippen LogP contribution is -2.10. The number of nitrogens with zero attached hydrogens (tertiary/aromatic N) is 1. The van der Waals surface area contributed by atoms with Crippen molar-refractivity contribution >= 4 is 5.78 Å². The average Bonchev–Trinajstić information content (AvgIpc) is 2.47. The Morgan fingerprint density at radius 2 is 2.42 bits per heavy atom. The summed E-state index contributed by atoms with van der Waals surface area (Å²) in [6, 6.07) is 0. The van der Waals surface area contributed by atoms with E-state index in [1.54, 1.807) is 0 Å². The summed E-state index contributed by atoms with van der Waals surface area (Å²) in [7, 11) is 0. The van der Waals surface area contributed by atoms with Gasteiger partial charge in [-0.2, -0.15) is 0 Å². The Bertz CT molecular complexity index is 316. The maximum Gasteiger partial charge on any atom is 0.207 e. The molecule has 12 heavy (non-hydrogen) atoms. The van der Waals surface area contributed by atoms with Gasteiger partial charge >= 0.3 is 0 Å². The average molecular weight is 167 g/mol. The van der Waals surface area contributed by atoms with Gasteiger partial charge in [-0.3, -0.25) is 4.79 Å². The van der Waals surface area contributed by atoms with E-state index in [-0.39, 0.29) is 5.78 Å². The molecule has 0 saturated heterocycles. The molecule has 0 atom stereocenters. The monoisotopic (exact) mass is 167 g/mol. The van der Waals surface area contributed by atoms with Gasteiger partial charge in [0.05, 0.1) is 24.5 Å². The van der Waals surface area contributed by atoms with E-state index in [2.05, 4.69) is 5.16 Å². The van der Waals surface area contributed by atoms with Gasteiger partial charge in [0.2, 0.25) is 5.76 Å². The molecule has 0 unspecified atom stereocenters. The highest BCUT2D eigenvalue weighted by Crippen LogP contribution is 2.20. The second-order valence-corrected chi connectivity index (χ2v) is 2.80. The molecule has 4 nitrogen and oxygen atoms in total. The highest BCUT2D eigenvalue weighted by molar-refractivity contribution is 5.92. The second-order valence-electron chi connectivity index (χ2n) is 2.80. The summed E-state index contributed by atoms with van der Waals surface area (Å²) < 4.78 is 10.1. The Morgan fingerprint density at radius 1 is 1.58 bits per heavy atom. The first-order valence-corrected chi connectivity index (χ1v) is 3.85. The summed E-state index contributed by atoms with van der Waals surface area (Å²) in [6.07, 6.45) is 0.742. The van der Waals surface area contributed by atoms with Gasteiger partial charge in [-0.15, -0.1) is 0 Å². The molecule has 0 N–H and O–H groups in total. The van der Waals surface area contributed by atoms with Crippen molar-refractivity contribution in [2.24, 2.45) is 0 Å². The molecule has 0 aliphatic carbocycles. The topological polar surface area (TPSA) is 52.3 Å². The van der Waals surface area contributed by atoms with E-state index in [1.807, 2.05) is 0 Å².